The summed E-state index contributed by atoms with van der Waals surface area (Å²) in [6.45, 7) is 4.19. The lowest BCUT2D eigenvalue weighted by Crippen LogP contribution is -2.27. The van der Waals surface area contributed by atoms with Crippen LogP contribution in [0.2, 0.25) is 0 Å². The van der Waals surface area contributed by atoms with E-state index in [9.17, 15) is 4.79 Å². The molecule has 1 aliphatic heterocycles. The Morgan fingerprint density at radius 3 is 2.93 bits per heavy atom. The van der Waals surface area contributed by atoms with Crippen molar-refractivity contribution in [3.63, 3.8) is 0 Å². The predicted octanol–water partition coefficient (Wildman–Crippen LogP) is 0.927. The predicted molar refractivity (Wildman–Crippen MR) is 54.2 cm³/mol. The van der Waals surface area contributed by atoms with E-state index >= 15 is 0 Å². The molecule has 4 heteroatoms. The highest BCUT2D eigenvalue weighted by Crippen LogP contribution is 2.30. The number of carbonyl (C=O) groups excluding carboxylic acids is 1. The molecule has 0 bridgehead atoms. The number of aromatic nitrogens is 1. The molecule has 0 aromatic carbocycles. The molecule has 1 amide bonds. The average molecular weight is 191 g/mol. The summed E-state index contributed by atoms with van der Waals surface area (Å²) in [6, 6.07) is 3.51. The number of rotatable bonds is 1. The first-order valence-corrected chi connectivity index (χ1v) is 4.56. The van der Waals surface area contributed by atoms with E-state index in [4.69, 9.17) is 5.73 Å². The van der Waals surface area contributed by atoms with Gasteiger partial charge in [0, 0.05) is 12.0 Å². The first-order valence-electron chi connectivity index (χ1n) is 4.56. The van der Waals surface area contributed by atoms with Gasteiger partial charge in [-0.25, -0.2) is 4.98 Å². The molecule has 14 heavy (non-hydrogen) atoms. The minimum Gasteiger partial charge on any atom is -0.378 e. The second-order valence-corrected chi connectivity index (χ2v) is 4.24. The Bertz CT molecular complexity index is 398. The SMILES string of the molecule is CC1(C)Cc2nc(C(N)=O)ccc2N1. The van der Waals surface area contributed by atoms with Gasteiger partial charge in [0.25, 0.3) is 5.91 Å². The number of pyridine rings is 1. The van der Waals surface area contributed by atoms with E-state index in [2.05, 4.69) is 24.1 Å². The molecule has 0 saturated carbocycles. The van der Waals surface area contributed by atoms with Crippen LogP contribution in [-0.4, -0.2) is 16.4 Å². The number of primary amides is 1. The Labute approximate surface area is 82.5 Å². The van der Waals surface area contributed by atoms with Gasteiger partial charge < -0.3 is 11.1 Å². The first kappa shape index (κ1) is 8.99. The highest BCUT2D eigenvalue weighted by Gasteiger charge is 2.28. The van der Waals surface area contributed by atoms with Gasteiger partial charge in [-0.05, 0) is 26.0 Å². The third-order valence-corrected chi connectivity index (χ3v) is 2.31. The van der Waals surface area contributed by atoms with Gasteiger partial charge in [0.1, 0.15) is 5.69 Å². The van der Waals surface area contributed by atoms with Crippen molar-refractivity contribution in [3.05, 3.63) is 23.5 Å². The van der Waals surface area contributed by atoms with E-state index in [1.807, 2.05) is 6.07 Å². The van der Waals surface area contributed by atoms with Crippen LogP contribution in [0.4, 0.5) is 5.69 Å². The number of nitrogens with zero attached hydrogens (tertiary/aromatic N) is 1. The normalized spacial score (nSPS) is 17.3. The molecule has 0 atom stereocenters. The van der Waals surface area contributed by atoms with E-state index < -0.39 is 5.91 Å². The Morgan fingerprint density at radius 1 is 1.57 bits per heavy atom. The molecular formula is C10H13N3O. The molecule has 1 aromatic rings. The maximum atomic E-state index is 10.9. The number of anilines is 1. The van der Waals surface area contributed by atoms with Gasteiger partial charge in [0.2, 0.25) is 0 Å². The second kappa shape index (κ2) is 2.70. The average Bonchev–Trinajstić information content (AvgIpc) is 2.36. The summed E-state index contributed by atoms with van der Waals surface area (Å²) in [6.07, 6.45) is 0.823. The molecule has 0 aliphatic carbocycles. The lowest BCUT2D eigenvalue weighted by Gasteiger charge is -2.17. The highest BCUT2D eigenvalue weighted by atomic mass is 16.1. The smallest absolute Gasteiger partial charge is 0.267 e. The maximum Gasteiger partial charge on any atom is 0.267 e. The Hall–Kier alpha value is -1.58. The van der Waals surface area contributed by atoms with Gasteiger partial charge in [-0.15, -0.1) is 0 Å². The van der Waals surface area contributed by atoms with Crippen LogP contribution >= 0.6 is 0 Å². The standard InChI is InChI=1S/C10H13N3O/c1-10(2)5-8-6(13-10)3-4-7(12-8)9(11)14/h3-4,13H,5H2,1-2H3,(H2,11,14). The Morgan fingerprint density at radius 2 is 2.29 bits per heavy atom. The van der Waals surface area contributed by atoms with Crippen molar-refractivity contribution in [3.8, 4) is 0 Å². The van der Waals surface area contributed by atoms with Gasteiger partial charge in [0.05, 0.1) is 11.4 Å². The molecule has 3 N–H and O–H groups in total. The molecule has 1 aromatic heterocycles. The first-order chi connectivity index (χ1) is 6.48. The fourth-order valence-corrected chi connectivity index (χ4v) is 1.71. The number of nitrogens with two attached hydrogens (primary N) is 1. The summed E-state index contributed by atoms with van der Waals surface area (Å²) in [5.74, 6) is -0.475. The molecule has 1 aliphatic rings. The molecule has 0 unspecified atom stereocenters. The van der Waals surface area contributed by atoms with E-state index in [1.54, 1.807) is 6.07 Å². The van der Waals surface area contributed by atoms with Crippen molar-refractivity contribution in [2.45, 2.75) is 25.8 Å². The van der Waals surface area contributed by atoms with E-state index in [0.717, 1.165) is 17.8 Å². The maximum absolute atomic E-state index is 10.9. The molecular weight excluding hydrogens is 178 g/mol. The fraction of sp³-hybridized carbons (Fsp3) is 0.400. The summed E-state index contributed by atoms with van der Waals surface area (Å²) in [7, 11) is 0. The second-order valence-electron chi connectivity index (χ2n) is 4.24. The molecule has 0 radical (unpaired) electrons. The van der Waals surface area contributed by atoms with E-state index in [1.165, 1.54) is 0 Å². The van der Waals surface area contributed by atoms with Gasteiger partial charge in [-0.1, -0.05) is 0 Å². The largest absolute Gasteiger partial charge is 0.378 e. The Kier molecular flexibility index (Phi) is 1.74. The van der Waals surface area contributed by atoms with Gasteiger partial charge >= 0.3 is 0 Å². The van der Waals surface area contributed by atoms with Crippen LogP contribution < -0.4 is 11.1 Å². The minimum atomic E-state index is -0.475. The van der Waals surface area contributed by atoms with Crippen molar-refractivity contribution in [1.82, 2.24) is 4.98 Å². The zero-order valence-corrected chi connectivity index (χ0v) is 8.29. The monoisotopic (exact) mass is 191 g/mol. The highest BCUT2D eigenvalue weighted by molar-refractivity contribution is 5.91. The van der Waals surface area contributed by atoms with Crippen molar-refractivity contribution >= 4 is 11.6 Å². The van der Waals surface area contributed by atoms with Crippen LogP contribution in [0.1, 0.15) is 30.0 Å². The van der Waals surface area contributed by atoms with Crippen LogP contribution in [0.25, 0.3) is 0 Å². The van der Waals surface area contributed by atoms with Crippen molar-refractivity contribution < 1.29 is 4.79 Å². The minimum absolute atomic E-state index is 0.0194. The summed E-state index contributed by atoms with van der Waals surface area (Å²) < 4.78 is 0. The Balaban J connectivity index is 2.40. The summed E-state index contributed by atoms with van der Waals surface area (Å²) in [5, 5.41) is 3.33. The summed E-state index contributed by atoms with van der Waals surface area (Å²) in [4.78, 5) is 15.1. The summed E-state index contributed by atoms with van der Waals surface area (Å²) >= 11 is 0. The van der Waals surface area contributed by atoms with Crippen LogP contribution in [0.5, 0.6) is 0 Å². The van der Waals surface area contributed by atoms with E-state index in [-0.39, 0.29) is 5.54 Å². The molecule has 2 rings (SSSR count). The molecule has 0 saturated heterocycles. The zero-order chi connectivity index (χ0) is 10.3. The van der Waals surface area contributed by atoms with Crippen molar-refractivity contribution in [2.75, 3.05) is 5.32 Å². The molecule has 2 heterocycles. The molecule has 0 spiro atoms. The zero-order valence-electron chi connectivity index (χ0n) is 8.29. The van der Waals surface area contributed by atoms with Crippen LogP contribution in [0.3, 0.4) is 0 Å². The van der Waals surface area contributed by atoms with Crippen molar-refractivity contribution in [2.24, 2.45) is 5.73 Å². The van der Waals surface area contributed by atoms with E-state index in [0.29, 0.717) is 5.69 Å². The number of carbonyl (C=O) groups is 1. The number of hydrogen-bond donors (Lipinski definition) is 2. The van der Waals surface area contributed by atoms with Crippen LogP contribution in [0, 0.1) is 0 Å². The number of nitrogens with one attached hydrogen (secondary N) is 1. The topological polar surface area (TPSA) is 68.0 Å². The third kappa shape index (κ3) is 1.43. The van der Waals surface area contributed by atoms with Gasteiger partial charge in [0.15, 0.2) is 0 Å². The fourth-order valence-electron chi connectivity index (χ4n) is 1.71. The number of fused-ring (bicyclic) bond motifs is 1. The quantitative estimate of drug-likeness (QED) is 0.693. The van der Waals surface area contributed by atoms with Gasteiger partial charge in [-0.2, -0.15) is 0 Å². The van der Waals surface area contributed by atoms with Crippen molar-refractivity contribution in [1.29, 1.82) is 0 Å². The van der Waals surface area contributed by atoms with Gasteiger partial charge in [-0.3, -0.25) is 4.79 Å². The molecule has 74 valence electrons. The number of hydrogen-bond acceptors (Lipinski definition) is 3. The lowest BCUT2D eigenvalue weighted by atomic mass is 10.0. The third-order valence-electron chi connectivity index (χ3n) is 2.31. The molecule has 0 fully saturated rings. The van der Waals surface area contributed by atoms with Crippen LogP contribution in [0.15, 0.2) is 12.1 Å². The summed E-state index contributed by atoms with van der Waals surface area (Å²) in [5.41, 5.74) is 7.43. The lowest BCUT2D eigenvalue weighted by molar-refractivity contribution is 0.0995. The number of amides is 1. The van der Waals surface area contributed by atoms with Crippen LogP contribution in [-0.2, 0) is 6.42 Å². The molecule has 4 nitrogen and oxygen atoms in total.